The van der Waals surface area contributed by atoms with E-state index in [4.69, 9.17) is 0 Å². The van der Waals surface area contributed by atoms with Gasteiger partial charge in [0, 0.05) is 11.5 Å². The molecule has 0 aromatic heterocycles. The van der Waals surface area contributed by atoms with E-state index in [9.17, 15) is 53.0 Å². The van der Waals surface area contributed by atoms with Gasteiger partial charge in [0.2, 0.25) is 10.0 Å². The molecule has 0 saturated carbocycles. The van der Waals surface area contributed by atoms with Gasteiger partial charge in [-0.2, -0.15) is 39.5 Å². The van der Waals surface area contributed by atoms with Crippen LogP contribution >= 0.6 is 11.8 Å². The molecule has 2 rings (SSSR count). The van der Waals surface area contributed by atoms with Crippen molar-refractivity contribution in [2.45, 2.75) is 35.6 Å². The maximum atomic E-state index is 13.0. The summed E-state index contributed by atoms with van der Waals surface area (Å²) in [6.45, 7) is -0.637. The molecule has 0 fully saturated rings. The third kappa shape index (κ3) is 4.92. The SMILES string of the molecule is CC1C=CSC1S(=O)(=O)N(CC(F)(F)F)c1ccc(C(O)(C(F)(F)F)C(F)(F)F)cc1. The van der Waals surface area contributed by atoms with Crippen LogP contribution in [0.2, 0.25) is 0 Å². The van der Waals surface area contributed by atoms with Crippen molar-refractivity contribution < 1.29 is 53.0 Å². The largest absolute Gasteiger partial charge is 0.430 e. The number of sulfonamides is 1. The van der Waals surface area contributed by atoms with Gasteiger partial charge >= 0.3 is 18.5 Å². The number of aliphatic hydroxyl groups is 1. The van der Waals surface area contributed by atoms with E-state index >= 15 is 0 Å². The summed E-state index contributed by atoms with van der Waals surface area (Å²) in [5.74, 6) is -0.703. The Bertz CT molecular complexity index is 908. The number of benzene rings is 1. The molecule has 1 aliphatic rings. The van der Waals surface area contributed by atoms with Gasteiger partial charge in [0.1, 0.15) is 11.1 Å². The van der Waals surface area contributed by atoms with Gasteiger partial charge in [-0.3, -0.25) is 4.31 Å². The van der Waals surface area contributed by atoms with Crippen LogP contribution in [0.1, 0.15) is 12.5 Å². The van der Waals surface area contributed by atoms with E-state index in [1.165, 1.54) is 18.4 Å². The average molecular weight is 503 g/mol. The molecule has 0 bridgehead atoms. The molecular formula is C16H14F9NO3S2. The van der Waals surface area contributed by atoms with Gasteiger partial charge in [0.25, 0.3) is 5.60 Å². The number of alkyl halides is 9. The Hall–Kier alpha value is -1.61. The van der Waals surface area contributed by atoms with Crippen LogP contribution in [0.5, 0.6) is 0 Å². The van der Waals surface area contributed by atoms with E-state index in [-0.39, 0.29) is 16.4 Å². The summed E-state index contributed by atoms with van der Waals surface area (Å²) < 4.78 is 141. The van der Waals surface area contributed by atoms with E-state index < -0.39 is 62.4 Å². The van der Waals surface area contributed by atoms with Crippen molar-refractivity contribution in [2.75, 3.05) is 10.8 Å². The van der Waals surface area contributed by atoms with Crippen molar-refractivity contribution in [2.24, 2.45) is 5.92 Å². The number of nitrogens with zero attached hydrogens (tertiary/aromatic N) is 1. The normalized spacial score (nSPS) is 20.9. The maximum absolute atomic E-state index is 13.0. The van der Waals surface area contributed by atoms with Crippen molar-refractivity contribution in [3.8, 4) is 0 Å². The average Bonchev–Trinajstić information content (AvgIpc) is 3.03. The van der Waals surface area contributed by atoms with Crippen molar-refractivity contribution in [3.63, 3.8) is 0 Å². The van der Waals surface area contributed by atoms with Crippen LogP contribution < -0.4 is 4.31 Å². The molecule has 1 aromatic rings. The predicted molar refractivity (Wildman–Crippen MR) is 94.5 cm³/mol. The highest BCUT2D eigenvalue weighted by Crippen LogP contribution is 2.50. The molecule has 15 heteroatoms. The molecular weight excluding hydrogens is 489 g/mol. The zero-order valence-electron chi connectivity index (χ0n) is 15.3. The Morgan fingerprint density at radius 1 is 0.968 bits per heavy atom. The number of allylic oxidation sites excluding steroid dienone is 1. The fourth-order valence-corrected chi connectivity index (χ4v) is 6.30. The lowest BCUT2D eigenvalue weighted by atomic mass is 9.92. The summed E-state index contributed by atoms with van der Waals surface area (Å²) >= 11 is 0.706. The van der Waals surface area contributed by atoms with Gasteiger partial charge in [0.05, 0.1) is 5.69 Å². The van der Waals surface area contributed by atoms with E-state index in [2.05, 4.69) is 0 Å². The van der Waals surface area contributed by atoms with Gasteiger partial charge in [-0.05, 0) is 17.5 Å². The minimum absolute atomic E-state index is 0.0820. The van der Waals surface area contributed by atoms with Crippen molar-refractivity contribution >= 4 is 27.5 Å². The number of halogens is 9. The molecule has 1 N–H and O–H groups in total. The van der Waals surface area contributed by atoms with Gasteiger partial charge in [0.15, 0.2) is 0 Å². The molecule has 1 aromatic carbocycles. The minimum atomic E-state index is -6.20. The Kier molecular flexibility index (Phi) is 6.67. The quantitative estimate of drug-likeness (QED) is 0.580. The van der Waals surface area contributed by atoms with Crippen molar-refractivity contribution in [3.05, 3.63) is 41.3 Å². The van der Waals surface area contributed by atoms with E-state index in [0.29, 0.717) is 23.9 Å². The van der Waals surface area contributed by atoms with E-state index in [1.54, 1.807) is 0 Å². The molecule has 31 heavy (non-hydrogen) atoms. The second-order valence-electron chi connectivity index (χ2n) is 6.61. The third-order valence-corrected chi connectivity index (χ3v) is 8.39. The number of rotatable bonds is 5. The molecule has 1 aliphatic heterocycles. The van der Waals surface area contributed by atoms with Crippen LogP contribution in [0.4, 0.5) is 45.2 Å². The van der Waals surface area contributed by atoms with Crippen LogP contribution in [-0.2, 0) is 15.6 Å². The lowest BCUT2D eigenvalue weighted by Gasteiger charge is -2.33. The highest BCUT2D eigenvalue weighted by molar-refractivity contribution is 8.15. The Morgan fingerprint density at radius 3 is 1.81 bits per heavy atom. The number of hydrogen-bond donors (Lipinski definition) is 1. The molecule has 0 aliphatic carbocycles. The summed E-state index contributed by atoms with van der Waals surface area (Å²) in [5, 5.41) is 10.7. The summed E-state index contributed by atoms with van der Waals surface area (Å²) in [5.41, 5.74) is -7.84. The number of hydrogen-bond acceptors (Lipinski definition) is 4. The Morgan fingerprint density at radius 2 is 1.45 bits per heavy atom. The summed E-state index contributed by atoms with van der Waals surface area (Å²) in [6, 6.07) is 0.856. The number of anilines is 1. The van der Waals surface area contributed by atoms with E-state index in [0.717, 1.165) is 0 Å². The first kappa shape index (κ1) is 25.6. The first-order valence-electron chi connectivity index (χ1n) is 8.19. The molecule has 4 nitrogen and oxygen atoms in total. The van der Waals surface area contributed by atoms with Crippen LogP contribution in [0.3, 0.4) is 0 Å². The van der Waals surface area contributed by atoms with E-state index in [1.807, 2.05) is 0 Å². The summed E-state index contributed by atoms with van der Waals surface area (Å²) in [7, 11) is -4.73. The minimum Gasteiger partial charge on any atom is -0.369 e. The van der Waals surface area contributed by atoms with Crippen LogP contribution in [-0.4, -0.2) is 43.2 Å². The lowest BCUT2D eigenvalue weighted by molar-refractivity contribution is -0.376. The highest BCUT2D eigenvalue weighted by atomic mass is 32.3. The fourth-order valence-electron chi connectivity index (χ4n) is 2.78. The standard InChI is InChI=1S/C16H14F9NO3S2/c1-9-6-7-30-12(9)31(28,29)26(8-13(17,18)19)11-4-2-10(3-5-11)14(27,15(20,21)22)16(23,24)25/h2-7,9,12,27H,8H2,1H3. The third-order valence-electron chi connectivity index (χ3n) is 4.34. The molecule has 176 valence electrons. The zero-order valence-corrected chi connectivity index (χ0v) is 16.9. The van der Waals surface area contributed by atoms with Crippen LogP contribution in [0.15, 0.2) is 35.7 Å². The second kappa shape index (κ2) is 8.06. The van der Waals surface area contributed by atoms with Crippen molar-refractivity contribution in [1.82, 2.24) is 0 Å². The Labute approximate surface area is 174 Å². The molecule has 2 unspecified atom stereocenters. The van der Waals surface area contributed by atoms with Gasteiger partial charge in [-0.1, -0.05) is 25.1 Å². The maximum Gasteiger partial charge on any atom is 0.430 e. The van der Waals surface area contributed by atoms with Gasteiger partial charge < -0.3 is 5.11 Å². The first-order valence-corrected chi connectivity index (χ1v) is 10.6. The molecule has 0 radical (unpaired) electrons. The highest BCUT2D eigenvalue weighted by Gasteiger charge is 2.71. The fraction of sp³-hybridized carbons (Fsp3) is 0.500. The molecule has 0 saturated heterocycles. The zero-order chi connectivity index (χ0) is 24.0. The summed E-state index contributed by atoms with van der Waals surface area (Å²) in [4.78, 5) is 0. The summed E-state index contributed by atoms with van der Waals surface area (Å²) in [6.07, 6.45) is -16.0. The predicted octanol–water partition coefficient (Wildman–Crippen LogP) is 4.92. The van der Waals surface area contributed by atoms with Crippen LogP contribution in [0, 0.1) is 5.92 Å². The first-order chi connectivity index (χ1) is 13.8. The molecule has 0 spiro atoms. The van der Waals surface area contributed by atoms with Crippen LogP contribution in [0.25, 0.3) is 0 Å². The number of thioether (sulfide) groups is 1. The molecule has 2 atom stereocenters. The van der Waals surface area contributed by atoms with Gasteiger partial charge in [-0.15, -0.1) is 11.8 Å². The smallest absolute Gasteiger partial charge is 0.369 e. The lowest BCUT2D eigenvalue weighted by Crippen LogP contribution is -2.53. The molecule has 0 amide bonds. The molecule has 1 heterocycles. The van der Waals surface area contributed by atoms with Crippen molar-refractivity contribution in [1.29, 1.82) is 0 Å². The second-order valence-corrected chi connectivity index (χ2v) is 9.94. The van der Waals surface area contributed by atoms with Gasteiger partial charge in [-0.25, -0.2) is 8.42 Å². The topological polar surface area (TPSA) is 57.6 Å². The Balaban J connectivity index is 2.55. The monoisotopic (exact) mass is 503 g/mol.